The van der Waals surface area contributed by atoms with Gasteiger partial charge in [-0.05, 0) is 32.3 Å². The van der Waals surface area contributed by atoms with Crippen molar-refractivity contribution in [2.45, 2.75) is 6.54 Å². The van der Waals surface area contributed by atoms with Crippen molar-refractivity contribution in [1.29, 1.82) is 0 Å². The SMILES string of the molecule is COc1ccc2c(=O)n(CCOCCN(C)C)sc2c1.O=C(O)C(=O)O. The van der Waals surface area contributed by atoms with Gasteiger partial charge in [-0.1, -0.05) is 11.5 Å². The Kier molecular flexibility index (Phi) is 8.76. The Morgan fingerprint density at radius 2 is 1.85 bits per heavy atom. The van der Waals surface area contributed by atoms with E-state index in [2.05, 4.69) is 4.90 Å². The first-order chi connectivity index (χ1) is 12.3. The Balaban J connectivity index is 0.000000487. The van der Waals surface area contributed by atoms with Crippen LogP contribution in [0.3, 0.4) is 0 Å². The molecule has 2 N–H and O–H groups in total. The van der Waals surface area contributed by atoms with Gasteiger partial charge in [0, 0.05) is 6.54 Å². The molecule has 1 aromatic carbocycles. The van der Waals surface area contributed by atoms with E-state index in [1.807, 2.05) is 32.3 Å². The van der Waals surface area contributed by atoms with E-state index in [-0.39, 0.29) is 5.56 Å². The number of carboxylic acids is 2. The Bertz CT molecular complexity index is 785. The number of carboxylic acid groups (broad SMARTS) is 2. The zero-order valence-corrected chi connectivity index (χ0v) is 15.6. The van der Waals surface area contributed by atoms with Crippen molar-refractivity contribution < 1.29 is 29.3 Å². The van der Waals surface area contributed by atoms with Crippen LogP contribution in [-0.4, -0.2) is 72.0 Å². The predicted molar refractivity (Wildman–Crippen MR) is 97.3 cm³/mol. The van der Waals surface area contributed by atoms with E-state index in [1.165, 1.54) is 11.5 Å². The van der Waals surface area contributed by atoms with Crippen LogP contribution in [0.2, 0.25) is 0 Å². The molecule has 0 amide bonds. The topological polar surface area (TPSA) is 118 Å². The number of fused-ring (bicyclic) bond motifs is 1. The molecule has 9 nitrogen and oxygen atoms in total. The highest BCUT2D eigenvalue weighted by atomic mass is 32.1. The smallest absolute Gasteiger partial charge is 0.414 e. The fraction of sp³-hybridized carbons (Fsp3) is 0.438. The van der Waals surface area contributed by atoms with E-state index >= 15 is 0 Å². The fourth-order valence-electron chi connectivity index (χ4n) is 1.82. The lowest BCUT2D eigenvalue weighted by Gasteiger charge is -2.09. The molecule has 0 atom stereocenters. The van der Waals surface area contributed by atoms with Gasteiger partial charge in [-0.2, -0.15) is 0 Å². The maximum absolute atomic E-state index is 12.2. The van der Waals surface area contributed by atoms with Crippen molar-refractivity contribution >= 4 is 33.6 Å². The van der Waals surface area contributed by atoms with E-state index in [9.17, 15) is 4.79 Å². The highest BCUT2D eigenvalue weighted by molar-refractivity contribution is 7.13. The van der Waals surface area contributed by atoms with Crippen molar-refractivity contribution in [3.05, 3.63) is 28.6 Å². The standard InChI is InChI=1S/C14H20N2O3S.C2H2O4/c1-15(2)6-8-19-9-7-16-14(17)12-5-4-11(18-3)10-13(12)20-16;3-1(4)2(5)6/h4-5,10H,6-9H2,1-3H3;(H,3,4)(H,5,6). The van der Waals surface area contributed by atoms with Crippen molar-refractivity contribution in [2.24, 2.45) is 0 Å². The molecule has 0 saturated carbocycles. The van der Waals surface area contributed by atoms with E-state index in [4.69, 9.17) is 29.3 Å². The number of hydrogen-bond acceptors (Lipinski definition) is 7. The van der Waals surface area contributed by atoms with Crippen LogP contribution < -0.4 is 10.3 Å². The van der Waals surface area contributed by atoms with Crippen molar-refractivity contribution in [3.8, 4) is 5.75 Å². The third-order valence-electron chi connectivity index (χ3n) is 3.16. The minimum Gasteiger partial charge on any atom is -0.497 e. The molecular formula is C16H22N2O7S. The lowest BCUT2D eigenvalue weighted by atomic mass is 10.2. The first kappa shape index (κ1) is 21.6. The maximum Gasteiger partial charge on any atom is 0.414 e. The number of aliphatic carboxylic acids is 2. The lowest BCUT2D eigenvalue weighted by molar-refractivity contribution is -0.159. The number of hydrogen-bond donors (Lipinski definition) is 2. The average Bonchev–Trinajstić information content (AvgIpc) is 2.90. The highest BCUT2D eigenvalue weighted by Gasteiger charge is 2.08. The predicted octanol–water partition coefficient (Wildman–Crippen LogP) is 0.805. The monoisotopic (exact) mass is 386 g/mol. The Hall–Kier alpha value is -2.43. The van der Waals surface area contributed by atoms with Crippen LogP contribution in [0.25, 0.3) is 10.1 Å². The van der Waals surface area contributed by atoms with Gasteiger partial charge in [-0.3, -0.25) is 8.75 Å². The van der Waals surface area contributed by atoms with Crippen LogP contribution in [0, 0.1) is 0 Å². The van der Waals surface area contributed by atoms with Gasteiger partial charge in [0.1, 0.15) is 5.75 Å². The van der Waals surface area contributed by atoms with Gasteiger partial charge >= 0.3 is 11.9 Å². The van der Waals surface area contributed by atoms with Gasteiger partial charge in [0.2, 0.25) is 0 Å². The van der Waals surface area contributed by atoms with Gasteiger partial charge < -0.3 is 24.6 Å². The molecule has 2 rings (SSSR count). The minimum atomic E-state index is -1.82. The molecule has 0 aliphatic carbocycles. The number of nitrogens with zero attached hydrogens (tertiary/aromatic N) is 2. The number of benzene rings is 1. The van der Waals surface area contributed by atoms with Gasteiger partial charge in [0.05, 0.1) is 37.0 Å². The van der Waals surface area contributed by atoms with Gasteiger partial charge in [-0.25, -0.2) is 9.59 Å². The van der Waals surface area contributed by atoms with Crippen LogP contribution in [0.1, 0.15) is 0 Å². The molecule has 0 bridgehead atoms. The van der Waals surface area contributed by atoms with Crippen LogP contribution in [0.4, 0.5) is 0 Å². The summed E-state index contributed by atoms with van der Waals surface area (Å²) in [6.45, 7) is 2.71. The number of carbonyl (C=O) groups is 2. The first-order valence-electron chi connectivity index (χ1n) is 7.62. The zero-order chi connectivity index (χ0) is 19.7. The summed E-state index contributed by atoms with van der Waals surface area (Å²) in [7, 11) is 5.64. The van der Waals surface area contributed by atoms with Crippen LogP contribution >= 0.6 is 11.5 Å². The summed E-state index contributed by atoms with van der Waals surface area (Å²) in [4.78, 5) is 32.4. The number of methoxy groups -OCH3 is 1. The molecule has 0 aliphatic heterocycles. The van der Waals surface area contributed by atoms with Crippen LogP contribution in [0.5, 0.6) is 5.75 Å². The molecule has 0 radical (unpaired) electrons. The minimum absolute atomic E-state index is 0.0452. The molecule has 2 aromatic rings. The third-order valence-corrected chi connectivity index (χ3v) is 4.26. The summed E-state index contributed by atoms with van der Waals surface area (Å²) in [6, 6.07) is 5.52. The molecule has 1 heterocycles. The Morgan fingerprint density at radius 3 is 2.38 bits per heavy atom. The lowest BCUT2D eigenvalue weighted by Crippen LogP contribution is -2.21. The molecule has 0 saturated heterocycles. The molecular weight excluding hydrogens is 364 g/mol. The molecule has 1 aromatic heterocycles. The Morgan fingerprint density at radius 1 is 1.19 bits per heavy atom. The van der Waals surface area contributed by atoms with Gasteiger partial charge in [-0.15, -0.1) is 0 Å². The number of rotatable bonds is 7. The third kappa shape index (κ3) is 6.82. The summed E-state index contributed by atoms with van der Waals surface area (Å²) in [5, 5.41) is 15.5. The second-order valence-electron chi connectivity index (χ2n) is 5.39. The van der Waals surface area contributed by atoms with E-state index in [0.29, 0.717) is 19.8 Å². The molecule has 144 valence electrons. The van der Waals surface area contributed by atoms with Gasteiger partial charge in [0.25, 0.3) is 5.56 Å². The second kappa shape index (κ2) is 10.5. The summed E-state index contributed by atoms with van der Waals surface area (Å²) >= 11 is 1.45. The van der Waals surface area contributed by atoms with E-state index in [0.717, 1.165) is 22.4 Å². The largest absolute Gasteiger partial charge is 0.497 e. The highest BCUT2D eigenvalue weighted by Crippen LogP contribution is 2.22. The normalized spacial score (nSPS) is 10.5. The number of likely N-dealkylation sites (N-methyl/N-ethyl adjacent to an activating group) is 1. The van der Waals surface area contributed by atoms with Gasteiger partial charge in [0.15, 0.2) is 0 Å². The summed E-state index contributed by atoms with van der Waals surface area (Å²) < 4.78 is 13.4. The quantitative estimate of drug-likeness (QED) is 0.530. The fourth-order valence-corrected chi connectivity index (χ4v) is 2.83. The van der Waals surface area contributed by atoms with Crippen LogP contribution in [0.15, 0.2) is 23.0 Å². The first-order valence-corrected chi connectivity index (χ1v) is 8.40. The number of aromatic nitrogens is 1. The zero-order valence-electron chi connectivity index (χ0n) is 14.8. The summed E-state index contributed by atoms with van der Waals surface area (Å²) in [5.41, 5.74) is 0.0452. The molecule has 26 heavy (non-hydrogen) atoms. The molecule has 0 spiro atoms. The Labute approximate surface area is 154 Å². The number of ether oxygens (including phenoxy) is 2. The van der Waals surface area contributed by atoms with Crippen molar-refractivity contribution in [1.82, 2.24) is 8.86 Å². The maximum atomic E-state index is 12.2. The van der Waals surface area contributed by atoms with Crippen molar-refractivity contribution in [2.75, 3.05) is 41.0 Å². The summed E-state index contributed by atoms with van der Waals surface area (Å²) in [5.74, 6) is -2.88. The second-order valence-corrected chi connectivity index (χ2v) is 6.45. The molecule has 0 unspecified atom stereocenters. The van der Waals surface area contributed by atoms with E-state index in [1.54, 1.807) is 11.1 Å². The molecule has 0 aliphatic rings. The van der Waals surface area contributed by atoms with Crippen LogP contribution in [-0.2, 0) is 20.9 Å². The molecule has 10 heteroatoms. The van der Waals surface area contributed by atoms with E-state index < -0.39 is 11.9 Å². The average molecular weight is 386 g/mol. The van der Waals surface area contributed by atoms with Crippen molar-refractivity contribution in [3.63, 3.8) is 0 Å². The summed E-state index contributed by atoms with van der Waals surface area (Å²) in [6.07, 6.45) is 0. The molecule has 0 fully saturated rings.